The Bertz CT molecular complexity index is 722. The van der Waals surface area contributed by atoms with Crippen LogP contribution in [0.4, 0.5) is 0 Å². The molecule has 2 aromatic rings. The number of hydrogen-bond acceptors (Lipinski definition) is 3. The lowest BCUT2D eigenvalue weighted by Gasteiger charge is -2.30. The van der Waals surface area contributed by atoms with E-state index in [-0.39, 0.29) is 23.8 Å². The van der Waals surface area contributed by atoms with E-state index in [9.17, 15) is 9.59 Å². The average Bonchev–Trinajstić information content (AvgIpc) is 3.03. The molecule has 0 saturated heterocycles. The van der Waals surface area contributed by atoms with Crippen molar-refractivity contribution in [3.63, 3.8) is 0 Å². The van der Waals surface area contributed by atoms with Gasteiger partial charge in [0, 0.05) is 29.6 Å². The number of benzene rings is 1. The lowest BCUT2D eigenvalue weighted by atomic mass is 9.84. The van der Waals surface area contributed by atoms with Crippen LogP contribution in [0.1, 0.15) is 37.7 Å². The van der Waals surface area contributed by atoms with Crippen LogP contribution < -0.4 is 5.32 Å². The van der Waals surface area contributed by atoms with Gasteiger partial charge in [-0.3, -0.25) is 9.59 Å². The van der Waals surface area contributed by atoms with Crippen LogP contribution in [0.25, 0.3) is 10.9 Å². The number of carbonyl (C=O) groups is 2. The summed E-state index contributed by atoms with van der Waals surface area (Å²) in [7, 11) is 1.41. The van der Waals surface area contributed by atoms with Crippen LogP contribution in [0.2, 0.25) is 0 Å². The second kappa shape index (κ2) is 7.51. The van der Waals surface area contributed by atoms with Crippen molar-refractivity contribution in [2.24, 2.45) is 5.92 Å². The van der Waals surface area contributed by atoms with Crippen molar-refractivity contribution < 1.29 is 14.3 Å². The van der Waals surface area contributed by atoms with E-state index in [1.54, 1.807) is 0 Å². The number of H-pyrrole nitrogens is 1. The smallest absolute Gasteiger partial charge is 0.310 e. The monoisotopic (exact) mass is 328 g/mol. The van der Waals surface area contributed by atoms with E-state index in [1.165, 1.54) is 7.11 Å². The molecule has 1 fully saturated rings. The Morgan fingerprint density at radius 1 is 1.25 bits per heavy atom. The van der Waals surface area contributed by atoms with Crippen LogP contribution in [0.15, 0.2) is 30.5 Å². The zero-order chi connectivity index (χ0) is 16.9. The highest BCUT2D eigenvalue weighted by Crippen LogP contribution is 2.26. The van der Waals surface area contributed by atoms with E-state index < -0.39 is 0 Å². The zero-order valence-corrected chi connectivity index (χ0v) is 14.0. The molecular weight excluding hydrogens is 304 g/mol. The number of methoxy groups -OCH3 is 1. The molecule has 3 rings (SSSR count). The number of fused-ring (bicyclic) bond motifs is 1. The second-order valence-electron chi connectivity index (χ2n) is 6.45. The number of carbonyl (C=O) groups excluding carboxylic acids is 2. The highest BCUT2D eigenvalue weighted by atomic mass is 16.5. The highest BCUT2D eigenvalue weighted by molar-refractivity contribution is 5.84. The van der Waals surface area contributed by atoms with Crippen LogP contribution in [0.5, 0.6) is 0 Å². The van der Waals surface area contributed by atoms with Crippen molar-refractivity contribution in [3.05, 3.63) is 36.0 Å². The zero-order valence-electron chi connectivity index (χ0n) is 14.0. The van der Waals surface area contributed by atoms with Gasteiger partial charge in [-0.1, -0.05) is 31.0 Å². The van der Waals surface area contributed by atoms with Crippen molar-refractivity contribution >= 4 is 22.8 Å². The van der Waals surface area contributed by atoms with Gasteiger partial charge in [0.05, 0.1) is 13.0 Å². The van der Waals surface area contributed by atoms with Gasteiger partial charge in [0.2, 0.25) is 5.91 Å². The molecule has 24 heavy (non-hydrogen) atoms. The van der Waals surface area contributed by atoms with E-state index in [0.717, 1.165) is 42.1 Å². The standard InChI is InChI=1S/C19H24N2O3/c1-24-19(23)15-7-3-5-9-17(15)21-18(22)11-10-13-12-20-16-8-4-2-6-14(13)16/h2,4,6,8,12,15,17,20H,3,5,7,9-11H2,1H3,(H,21,22)/t15-,17+/m1/s1. The molecule has 1 aromatic carbocycles. The molecule has 1 aromatic heterocycles. The summed E-state index contributed by atoms with van der Waals surface area (Å²) in [5, 5.41) is 4.21. The summed E-state index contributed by atoms with van der Waals surface area (Å²) in [5.41, 5.74) is 2.24. The molecule has 0 bridgehead atoms. The SMILES string of the molecule is COC(=O)[C@@H]1CCCC[C@@H]1NC(=O)CCc1c[nH]c2ccccc12. The predicted octanol–water partition coefficient (Wildman–Crippen LogP) is 2.95. The summed E-state index contributed by atoms with van der Waals surface area (Å²) in [6.45, 7) is 0. The number of ether oxygens (including phenoxy) is 1. The largest absolute Gasteiger partial charge is 0.469 e. The van der Waals surface area contributed by atoms with Gasteiger partial charge in [0.15, 0.2) is 0 Å². The van der Waals surface area contributed by atoms with E-state index in [0.29, 0.717) is 12.8 Å². The predicted molar refractivity (Wildman–Crippen MR) is 92.5 cm³/mol. The number of rotatable bonds is 5. The maximum Gasteiger partial charge on any atom is 0.310 e. The minimum absolute atomic E-state index is 0.00100. The van der Waals surface area contributed by atoms with E-state index >= 15 is 0 Å². The Morgan fingerprint density at radius 2 is 2.04 bits per heavy atom. The van der Waals surface area contributed by atoms with Gasteiger partial charge < -0.3 is 15.0 Å². The Morgan fingerprint density at radius 3 is 2.88 bits per heavy atom. The third-order valence-electron chi connectivity index (χ3n) is 4.91. The molecule has 0 radical (unpaired) electrons. The molecule has 5 nitrogen and oxygen atoms in total. The summed E-state index contributed by atoms with van der Waals surface area (Å²) < 4.78 is 4.87. The molecule has 5 heteroatoms. The molecule has 0 spiro atoms. The Kier molecular flexibility index (Phi) is 5.18. The topological polar surface area (TPSA) is 71.2 Å². The summed E-state index contributed by atoms with van der Waals surface area (Å²) >= 11 is 0. The first-order valence-electron chi connectivity index (χ1n) is 8.61. The fourth-order valence-corrected chi connectivity index (χ4v) is 3.60. The van der Waals surface area contributed by atoms with Gasteiger partial charge >= 0.3 is 5.97 Å². The van der Waals surface area contributed by atoms with Gasteiger partial charge in [-0.2, -0.15) is 0 Å². The molecule has 1 saturated carbocycles. The van der Waals surface area contributed by atoms with Gasteiger partial charge in [0.25, 0.3) is 0 Å². The molecule has 2 N–H and O–H groups in total. The van der Waals surface area contributed by atoms with Crippen LogP contribution in [-0.2, 0) is 20.7 Å². The summed E-state index contributed by atoms with van der Waals surface area (Å²) in [6.07, 6.45) is 6.77. The van der Waals surface area contributed by atoms with Crippen molar-refractivity contribution in [1.82, 2.24) is 10.3 Å². The third kappa shape index (κ3) is 3.61. The van der Waals surface area contributed by atoms with E-state index in [2.05, 4.69) is 16.4 Å². The first-order chi connectivity index (χ1) is 11.7. The quantitative estimate of drug-likeness (QED) is 0.829. The van der Waals surface area contributed by atoms with Gasteiger partial charge in [-0.15, -0.1) is 0 Å². The number of para-hydroxylation sites is 1. The highest BCUT2D eigenvalue weighted by Gasteiger charge is 2.32. The van der Waals surface area contributed by atoms with Crippen molar-refractivity contribution in [3.8, 4) is 0 Å². The Hall–Kier alpha value is -2.30. The maximum atomic E-state index is 12.3. The van der Waals surface area contributed by atoms with Gasteiger partial charge in [0.1, 0.15) is 0 Å². The average molecular weight is 328 g/mol. The number of aromatic amines is 1. The molecule has 1 aliphatic rings. The Balaban J connectivity index is 1.58. The Labute approximate surface area is 141 Å². The lowest BCUT2D eigenvalue weighted by Crippen LogP contribution is -2.45. The van der Waals surface area contributed by atoms with Gasteiger partial charge in [-0.05, 0) is 30.9 Å². The van der Waals surface area contributed by atoms with Crippen LogP contribution >= 0.6 is 0 Å². The van der Waals surface area contributed by atoms with Crippen LogP contribution in [0.3, 0.4) is 0 Å². The first-order valence-corrected chi connectivity index (χ1v) is 8.61. The van der Waals surface area contributed by atoms with Crippen LogP contribution in [-0.4, -0.2) is 30.0 Å². The van der Waals surface area contributed by atoms with Crippen LogP contribution in [0, 0.1) is 5.92 Å². The number of hydrogen-bond donors (Lipinski definition) is 2. The molecule has 128 valence electrons. The number of nitrogens with one attached hydrogen (secondary N) is 2. The first kappa shape index (κ1) is 16.6. The minimum atomic E-state index is -0.211. The fraction of sp³-hybridized carbons (Fsp3) is 0.474. The summed E-state index contributed by atoms with van der Waals surface area (Å²) in [4.78, 5) is 27.4. The number of aromatic nitrogens is 1. The molecule has 1 heterocycles. The lowest BCUT2D eigenvalue weighted by molar-refractivity contribution is -0.147. The molecular formula is C19H24N2O3. The van der Waals surface area contributed by atoms with Crippen molar-refractivity contribution in [1.29, 1.82) is 0 Å². The van der Waals surface area contributed by atoms with E-state index in [1.807, 2.05) is 24.4 Å². The molecule has 0 unspecified atom stereocenters. The van der Waals surface area contributed by atoms with Gasteiger partial charge in [-0.25, -0.2) is 0 Å². The molecule has 1 aliphatic carbocycles. The third-order valence-corrected chi connectivity index (χ3v) is 4.91. The number of amides is 1. The van der Waals surface area contributed by atoms with Crippen molar-refractivity contribution in [2.75, 3.05) is 7.11 Å². The number of aryl methyl sites for hydroxylation is 1. The molecule has 1 amide bonds. The summed E-state index contributed by atoms with van der Waals surface area (Å²) in [6, 6.07) is 7.99. The minimum Gasteiger partial charge on any atom is -0.469 e. The molecule has 2 atom stereocenters. The normalized spacial score (nSPS) is 20.7. The fourth-order valence-electron chi connectivity index (χ4n) is 3.60. The van der Waals surface area contributed by atoms with Crippen molar-refractivity contribution in [2.45, 2.75) is 44.6 Å². The van der Waals surface area contributed by atoms with E-state index in [4.69, 9.17) is 4.74 Å². The molecule has 0 aliphatic heterocycles. The second-order valence-corrected chi connectivity index (χ2v) is 6.45. The number of esters is 1. The maximum absolute atomic E-state index is 12.3. The summed E-state index contributed by atoms with van der Waals surface area (Å²) in [5.74, 6) is -0.418.